The maximum Gasteiger partial charge on any atom is 0.0712 e. The molecule has 0 amide bonds. The van der Waals surface area contributed by atoms with Gasteiger partial charge in [-0.05, 0) is 39.3 Å². The first-order chi connectivity index (χ1) is 8.83. The molecule has 18 heavy (non-hydrogen) atoms. The Morgan fingerprint density at radius 1 is 1.22 bits per heavy atom. The molecule has 3 unspecified atom stereocenters. The van der Waals surface area contributed by atoms with Gasteiger partial charge in [0.1, 0.15) is 0 Å². The molecule has 3 fully saturated rings. The fraction of sp³-hybridized carbons (Fsp3) is 1.00. The van der Waals surface area contributed by atoms with E-state index in [-0.39, 0.29) is 0 Å². The van der Waals surface area contributed by atoms with E-state index in [1.54, 1.807) is 0 Å². The van der Waals surface area contributed by atoms with Crippen LogP contribution in [0, 0.1) is 0 Å². The molecule has 0 aromatic rings. The van der Waals surface area contributed by atoms with Crippen molar-refractivity contribution >= 4 is 0 Å². The lowest BCUT2D eigenvalue weighted by Gasteiger charge is -2.29. The number of ether oxygens (including phenoxy) is 1. The molecule has 3 atom stereocenters. The van der Waals surface area contributed by atoms with E-state index in [0.717, 1.165) is 31.8 Å². The molecule has 0 spiro atoms. The summed E-state index contributed by atoms with van der Waals surface area (Å²) >= 11 is 0. The Balaban J connectivity index is 1.45. The van der Waals surface area contributed by atoms with Crippen molar-refractivity contribution in [3.05, 3.63) is 0 Å². The lowest BCUT2D eigenvalue weighted by molar-refractivity contribution is 0.0169. The predicted molar refractivity (Wildman–Crippen MR) is 72.9 cm³/mol. The Hall–Kier alpha value is -0.160. The summed E-state index contributed by atoms with van der Waals surface area (Å²) in [6, 6.07) is 1.66. The molecule has 4 heteroatoms. The average molecular weight is 253 g/mol. The Morgan fingerprint density at radius 2 is 2.11 bits per heavy atom. The van der Waals surface area contributed by atoms with Gasteiger partial charge in [0.05, 0.1) is 12.7 Å². The highest BCUT2D eigenvalue weighted by Gasteiger charge is 2.34. The van der Waals surface area contributed by atoms with Crippen molar-refractivity contribution in [1.82, 2.24) is 15.1 Å². The molecule has 3 aliphatic heterocycles. The Kier molecular flexibility index (Phi) is 4.19. The molecular formula is C14H27N3O. The molecule has 3 rings (SSSR count). The van der Waals surface area contributed by atoms with Crippen molar-refractivity contribution in [2.45, 2.75) is 43.9 Å². The van der Waals surface area contributed by atoms with Crippen LogP contribution in [0.5, 0.6) is 0 Å². The van der Waals surface area contributed by atoms with Crippen LogP contribution in [0.25, 0.3) is 0 Å². The summed E-state index contributed by atoms with van der Waals surface area (Å²) in [5.74, 6) is 0. The van der Waals surface area contributed by atoms with Gasteiger partial charge in [0.15, 0.2) is 0 Å². The van der Waals surface area contributed by atoms with E-state index in [2.05, 4.69) is 22.2 Å². The summed E-state index contributed by atoms with van der Waals surface area (Å²) in [4.78, 5) is 5.29. The Morgan fingerprint density at radius 3 is 2.94 bits per heavy atom. The second-order valence-electron chi connectivity index (χ2n) is 6.13. The van der Waals surface area contributed by atoms with Gasteiger partial charge in [-0.1, -0.05) is 0 Å². The second kappa shape index (κ2) is 5.87. The number of likely N-dealkylation sites (tertiary alicyclic amines) is 1. The van der Waals surface area contributed by atoms with Gasteiger partial charge >= 0.3 is 0 Å². The largest absolute Gasteiger partial charge is 0.376 e. The first kappa shape index (κ1) is 12.9. The van der Waals surface area contributed by atoms with Crippen molar-refractivity contribution in [3.63, 3.8) is 0 Å². The fourth-order valence-electron chi connectivity index (χ4n) is 3.71. The molecule has 0 aromatic carbocycles. The predicted octanol–water partition coefficient (Wildman–Crippen LogP) is 0.533. The normalized spacial score (nSPS) is 38.8. The molecule has 0 aliphatic carbocycles. The van der Waals surface area contributed by atoms with Crippen molar-refractivity contribution < 1.29 is 4.74 Å². The topological polar surface area (TPSA) is 27.7 Å². The maximum atomic E-state index is 5.78. The van der Waals surface area contributed by atoms with Crippen molar-refractivity contribution in [3.8, 4) is 0 Å². The smallest absolute Gasteiger partial charge is 0.0712 e. The molecule has 3 aliphatic rings. The van der Waals surface area contributed by atoms with E-state index >= 15 is 0 Å². The summed E-state index contributed by atoms with van der Waals surface area (Å²) in [6.45, 7) is 6.72. The number of hydrogen-bond donors (Lipinski definition) is 1. The summed E-state index contributed by atoms with van der Waals surface area (Å²) in [6.07, 6.45) is 5.81. The molecule has 104 valence electrons. The van der Waals surface area contributed by atoms with Crippen LogP contribution < -0.4 is 5.32 Å². The average Bonchev–Trinajstić information content (AvgIpc) is 2.64. The zero-order valence-corrected chi connectivity index (χ0v) is 11.6. The van der Waals surface area contributed by atoms with Gasteiger partial charge in [-0.3, -0.25) is 4.90 Å². The molecule has 2 bridgehead atoms. The fourth-order valence-corrected chi connectivity index (χ4v) is 3.71. The SMILES string of the molecule is CN1C2CCC1CN(CCC1CNCCO1)CC2. The van der Waals surface area contributed by atoms with Gasteiger partial charge < -0.3 is 15.0 Å². The van der Waals surface area contributed by atoms with E-state index in [0.29, 0.717) is 6.10 Å². The van der Waals surface area contributed by atoms with Gasteiger partial charge in [0, 0.05) is 38.3 Å². The van der Waals surface area contributed by atoms with Crippen LogP contribution in [0.3, 0.4) is 0 Å². The minimum absolute atomic E-state index is 0.442. The van der Waals surface area contributed by atoms with Crippen molar-refractivity contribution in [1.29, 1.82) is 0 Å². The standard InChI is InChI=1S/C14H27N3O/c1-16-12-2-3-13(16)11-17(7-4-12)8-5-14-10-15-6-9-18-14/h12-15H,2-11H2,1H3. The van der Waals surface area contributed by atoms with Crippen LogP contribution >= 0.6 is 0 Å². The highest BCUT2D eigenvalue weighted by atomic mass is 16.5. The van der Waals surface area contributed by atoms with Gasteiger partial charge in [-0.15, -0.1) is 0 Å². The Labute approximate surface area is 111 Å². The molecular weight excluding hydrogens is 226 g/mol. The van der Waals surface area contributed by atoms with Gasteiger partial charge in [0.2, 0.25) is 0 Å². The molecule has 4 nitrogen and oxygen atoms in total. The van der Waals surface area contributed by atoms with E-state index in [1.165, 1.54) is 45.3 Å². The molecule has 3 heterocycles. The maximum absolute atomic E-state index is 5.78. The summed E-state index contributed by atoms with van der Waals surface area (Å²) in [7, 11) is 2.32. The third-order valence-electron chi connectivity index (χ3n) is 5.00. The first-order valence-electron chi connectivity index (χ1n) is 7.59. The number of rotatable bonds is 3. The van der Waals surface area contributed by atoms with Crippen LogP contribution in [-0.2, 0) is 4.74 Å². The minimum atomic E-state index is 0.442. The summed E-state index contributed by atoms with van der Waals surface area (Å²) < 4.78 is 5.78. The number of fused-ring (bicyclic) bond motifs is 2. The molecule has 0 aromatic heterocycles. The molecule has 0 radical (unpaired) electrons. The van der Waals surface area contributed by atoms with Crippen LogP contribution in [0.2, 0.25) is 0 Å². The number of hydrogen-bond acceptors (Lipinski definition) is 4. The van der Waals surface area contributed by atoms with Crippen molar-refractivity contribution in [2.24, 2.45) is 0 Å². The van der Waals surface area contributed by atoms with Crippen LogP contribution in [0.1, 0.15) is 25.7 Å². The first-order valence-corrected chi connectivity index (χ1v) is 7.59. The number of morpholine rings is 1. The van der Waals surface area contributed by atoms with Gasteiger partial charge in [-0.2, -0.15) is 0 Å². The highest BCUT2D eigenvalue weighted by molar-refractivity contribution is 4.91. The molecule has 0 saturated carbocycles. The van der Waals surface area contributed by atoms with Crippen LogP contribution in [0.4, 0.5) is 0 Å². The number of nitrogens with one attached hydrogen (secondary N) is 1. The van der Waals surface area contributed by atoms with E-state index in [4.69, 9.17) is 4.74 Å². The lowest BCUT2D eigenvalue weighted by atomic mass is 10.1. The minimum Gasteiger partial charge on any atom is -0.376 e. The third-order valence-corrected chi connectivity index (χ3v) is 5.00. The quantitative estimate of drug-likeness (QED) is 0.794. The summed E-state index contributed by atoms with van der Waals surface area (Å²) in [5, 5.41) is 3.42. The van der Waals surface area contributed by atoms with Crippen molar-refractivity contribution in [2.75, 3.05) is 46.4 Å². The molecule has 3 saturated heterocycles. The zero-order chi connectivity index (χ0) is 12.4. The van der Waals surface area contributed by atoms with Gasteiger partial charge in [-0.25, -0.2) is 0 Å². The van der Waals surface area contributed by atoms with Crippen LogP contribution in [-0.4, -0.2) is 74.4 Å². The highest BCUT2D eigenvalue weighted by Crippen LogP contribution is 2.28. The van der Waals surface area contributed by atoms with E-state index in [9.17, 15) is 0 Å². The number of likely N-dealkylation sites (N-methyl/N-ethyl adjacent to an activating group) is 1. The van der Waals surface area contributed by atoms with E-state index in [1.807, 2.05) is 0 Å². The third kappa shape index (κ3) is 2.87. The van der Waals surface area contributed by atoms with Crippen LogP contribution in [0.15, 0.2) is 0 Å². The monoisotopic (exact) mass is 253 g/mol. The van der Waals surface area contributed by atoms with E-state index < -0.39 is 0 Å². The zero-order valence-electron chi connectivity index (χ0n) is 11.6. The molecule has 1 N–H and O–H groups in total. The summed E-state index contributed by atoms with van der Waals surface area (Å²) in [5.41, 5.74) is 0. The lowest BCUT2D eigenvalue weighted by Crippen LogP contribution is -2.42. The second-order valence-corrected chi connectivity index (χ2v) is 6.13. The van der Waals surface area contributed by atoms with Gasteiger partial charge in [0.25, 0.3) is 0 Å². The number of nitrogens with zero attached hydrogens (tertiary/aromatic N) is 2. The Bertz CT molecular complexity index is 268.